The molecule has 0 radical (unpaired) electrons. The van der Waals surface area contributed by atoms with Crippen LogP contribution in [-0.4, -0.2) is 31.9 Å². The number of hydrogen-bond donors (Lipinski definition) is 0. The van der Waals surface area contributed by atoms with Crippen molar-refractivity contribution in [2.45, 2.75) is 6.61 Å². The van der Waals surface area contributed by atoms with E-state index in [4.69, 9.17) is 9.47 Å². The van der Waals surface area contributed by atoms with Gasteiger partial charge in [0.25, 0.3) is 0 Å². The molecule has 0 amide bonds. The van der Waals surface area contributed by atoms with E-state index in [9.17, 15) is 4.79 Å². The lowest BCUT2D eigenvalue weighted by molar-refractivity contribution is 0.103. The van der Waals surface area contributed by atoms with Gasteiger partial charge in [0.1, 0.15) is 23.7 Å². The molecule has 0 saturated carbocycles. The first-order valence-electron chi connectivity index (χ1n) is 7.34. The van der Waals surface area contributed by atoms with Crippen molar-refractivity contribution in [2.24, 2.45) is 0 Å². The van der Waals surface area contributed by atoms with E-state index in [0.29, 0.717) is 23.7 Å². The Kier molecular flexibility index (Phi) is 5.80. The first-order valence-corrected chi connectivity index (χ1v) is 7.34. The van der Waals surface area contributed by atoms with Crippen LogP contribution < -0.4 is 9.47 Å². The van der Waals surface area contributed by atoms with Gasteiger partial charge in [0.15, 0.2) is 5.78 Å². The monoisotopic (exact) mass is 311 g/mol. The molecule has 120 valence electrons. The smallest absolute Gasteiger partial charge is 0.194 e. The minimum Gasteiger partial charge on any atom is -0.496 e. The highest BCUT2D eigenvalue weighted by atomic mass is 16.5. The van der Waals surface area contributed by atoms with Crippen molar-refractivity contribution >= 4 is 5.78 Å². The van der Waals surface area contributed by atoms with Crippen LogP contribution in [0.3, 0.4) is 0 Å². The minimum absolute atomic E-state index is 0.154. The number of hydrogen-bond acceptors (Lipinski definition) is 4. The summed E-state index contributed by atoms with van der Waals surface area (Å²) in [6.07, 6.45) is 3.21. The molecule has 0 N–H and O–H groups in total. The van der Waals surface area contributed by atoms with E-state index in [2.05, 4.69) is 0 Å². The normalized spacial score (nSPS) is 10.6. The van der Waals surface area contributed by atoms with Gasteiger partial charge in [-0.05, 0) is 17.7 Å². The zero-order valence-electron chi connectivity index (χ0n) is 13.7. The summed E-state index contributed by atoms with van der Waals surface area (Å²) in [5.74, 6) is 0.866. The van der Waals surface area contributed by atoms with Crippen molar-refractivity contribution in [2.75, 3.05) is 21.2 Å². The lowest BCUT2D eigenvalue weighted by atomic mass is 10.1. The Hall–Kier alpha value is -2.75. The Morgan fingerprint density at radius 2 is 1.74 bits per heavy atom. The molecule has 0 aromatic heterocycles. The number of nitrogens with zero attached hydrogens (tertiary/aromatic N) is 1. The highest BCUT2D eigenvalue weighted by Gasteiger charge is 2.16. The lowest BCUT2D eigenvalue weighted by Crippen LogP contribution is -2.07. The third-order valence-corrected chi connectivity index (χ3v) is 3.22. The van der Waals surface area contributed by atoms with Crippen molar-refractivity contribution < 1.29 is 14.3 Å². The molecular weight excluding hydrogens is 290 g/mol. The summed E-state index contributed by atoms with van der Waals surface area (Å²) in [5.41, 5.74) is 1.47. The van der Waals surface area contributed by atoms with Gasteiger partial charge >= 0.3 is 0 Å². The van der Waals surface area contributed by atoms with E-state index in [1.54, 1.807) is 30.3 Å². The average Bonchev–Trinajstić information content (AvgIpc) is 2.58. The summed E-state index contributed by atoms with van der Waals surface area (Å²) in [7, 11) is 5.26. The fourth-order valence-corrected chi connectivity index (χ4v) is 2.08. The number of methoxy groups -OCH3 is 1. The van der Waals surface area contributed by atoms with Crippen molar-refractivity contribution in [1.82, 2.24) is 4.90 Å². The molecule has 0 saturated heterocycles. The highest BCUT2D eigenvalue weighted by Crippen LogP contribution is 2.29. The average molecular weight is 311 g/mol. The van der Waals surface area contributed by atoms with Crippen molar-refractivity contribution in [3.8, 4) is 11.5 Å². The van der Waals surface area contributed by atoms with Crippen LogP contribution in [0.2, 0.25) is 0 Å². The summed E-state index contributed by atoms with van der Waals surface area (Å²) in [6, 6.07) is 15.2. The molecule has 0 aliphatic carbocycles. The van der Waals surface area contributed by atoms with Crippen LogP contribution in [0.4, 0.5) is 0 Å². The maximum Gasteiger partial charge on any atom is 0.194 e. The third kappa shape index (κ3) is 4.61. The number of rotatable bonds is 7. The first-order chi connectivity index (χ1) is 11.1. The van der Waals surface area contributed by atoms with Gasteiger partial charge in [0, 0.05) is 26.4 Å². The van der Waals surface area contributed by atoms with E-state index in [1.807, 2.05) is 50.5 Å². The number of carbonyl (C=O) groups excluding carboxylic acids is 1. The summed E-state index contributed by atoms with van der Waals surface area (Å²) >= 11 is 0. The minimum atomic E-state index is -0.154. The van der Waals surface area contributed by atoms with Crippen LogP contribution >= 0.6 is 0 Å². The van der Waals surface area contributed by atoms with Crippen LogP contribution in [0.5, 0.6) is 11.5 Å². The molecule has 4 nitrogen and oxygen atoms in total. The summed E-state index contributed by atoms with van der Waals surface area (Å²) in [5, 5.41) is 0. The summed E-state index contributed by atoms with van der Waals surface area (Å²) < 4.78 is 11.2. The molecule has 0 unspecified atom stereocenters. The van der Waals surface area contributed by atoms with E-state index >= 15 is 0 Å². The number of benzene rings is 2. The van der Waals surface area contributed by atoms with Crippen molar-refractivity contribution in [3.05, 3.63) is 71.9 Å². The standard InChI is InChI=1S/C19H21NO3/c1-20(2)13-12-16(21)19-17(22-3)10-7-11-18(19)23-14-15-8-5-4-6-9-15/h4-13H,14H2,1-3H3/b13-12+. The van der Waals surface area contributed by atoms with Gasteiger partial charge in [0.05, 0.1) is 7.11 Å². The Balaban J connectivity index is 2.26. The second-order valence-corrected chi connectivity index (χ2v) is 5.25. The quantitative estimate of drug-likeness (QED) is 0.579. The van der Waals surface area contributed by atoms with Gasteiger partial charge in [-0.1, -0.05) is 36.4 Å². The Labute approximate surface area is 137 Å². The molecule has 0 atom stereocenters. The van der Waals surface area contributed by atoms with Crippen LogP contribution in [-0.2, 0) is 6.61 Å². The number of allylic oxidation sites excluding steroid dienone is 1. The fourth-order valence-electron chi connectivity index (χ4n) is 2.08. The molecule has 0 heterocycles. The molecule has 0 fully saturated rings. The zero-order chi connectivity index (χ0) is 16.7. The molecule has 0 aliphatic rings. The van der Waals surface area contributed by atoms with Crippen LogP contribution in [0.15, 0.2) is 60.8 Å². The third-order valence-electron chi connectivity index (χ3n) is 3.22. The maximum absolute atomic E-state index is 12.5. The highest BCUT2D eigenvalue weighted by molar-refractivity contribution is 6.08. The van der Waals surface area contributed by atoms with Crippen LogP contribution in [0, 0.1) is 0 Å². The Bertz CT molecular complexity index is 678. The number of carbonyl (C=O) groups is 1. The van der Waals surface area contributed by atoms with Gasteiger partial charge in [-0.15, -0.1) is 0 Å². The number of ketones is 1. The first kappa shape index (κ1) is 16.6. The Morgan fingerprint density at radius 1 is 1.04 bits per heavy atom. The van der Waals surface area contributed by atoms with Gasteiger partial charge in [-0.2, -0.15) is 0 Å². The van der Waals surface area contributed by atoms with Gasteiger partial charge in [-0.25, -0.2) is 0 Å². The Morgan fingerprint density at radius 3 is 2.39 bits per heavy atom. The van der Waals surface area contributed by atoms with Crippen LogP contribution in [0.1, 0.15) is 15.9 Å². The SMILES string of the molecule is COc1cccc(OCc2ccccc2)c1C(=O)/C=C/N(C)C. The topological polar surface area (TPSA) is 38.8 Å². The number of ether oxygens (including phenoxy) is 2. The van der Waals surface area contributed by atoms with Gasteiger partial charge in [-0.3, -0.25) is 4.79 Å². The van der Waals surface area contributed by atoms with Gasteiger partial charge in [0.2, 0.25) is 0 Å². The molecular formula is C19H21NO3. The molecule has 0 aliphatic heterocycles. The second kappa shape index (κ2) is 8.03. The molecule has 2 aromatic rings. The second-order valence-electron chi connectivity index (χ2n) is 5.25. The largest absolute Gasteiger partial charge is 0.496 e. The summed E-state index contributed by atoms with van der Waals surface area (Å²) in [4.78, 5) is 14.3. The molecule has 4 heteroatoms. The molecule has 0 spiro atoms. The van der Waals surface area contributed by atoms with Crippen molar-refractivity contribution in [1.29, 1.82) is 0 Å². The van der Waals surface area contributed by atoms with E-state index in [0.717, 1.165) is 5.56 Å². The zero-order valence-corrected chi connectivity index (χ0v) is 13.7. The molecule has 23 heavy (non-hydrogen) atoms. The molecule has 2 rings (SSSR count). The molecule has 2 aromatic carbocycles. The fraction of sp³-hybridized carbons (Fsp3) is 0.211. The predicted octanol–water partition coefficient (Wildman–Crippen LogP) is 3.53. The van der Waals surface area contributed by atoms with E-state index in [1.165, 1.54) is 6.08 Å². The maximum atomic E-state index is 12.5. The van der Waals surface area contributed by atoms with E-state index < -0.39 is 0 Å². The van der Waals surface area contributed by atoms with Gasteiger partial charge < -0.3 is 14.4 Å². The van der Waals surface area contributed by atoms with Crippen LogP contribution in [0.25, 0.3) is 0 Å². The summed E-state index contributed by atoms with van der Waals surface area (Å²) in [6.45, 7) is 0.395. The predicted molar refractivity (Wildman–Crippen MR) is 90.9 cm³/mol. The van der Waals surface area contributed by atoms with Crippen molar-refractivity contribution in [3.63, 3.8) is 0 Å². The molecule has 0 bridgehead atoms. The van der Waals surface area contributed by atoms with E-state index in [-0.39, 0.29) is 5.78 Å². The lowest BCUT2D eigenvalue weighted by Gasteiger charge is -2.13.